The highest BCUT2D eigenvalue weighted by Crippen LogP contribution is 2.23. The van der Waals surface area contributed by atoms with Crippen LogP contribution in [0.3, 0.4) is 0 Å². The third kappa shape index (κ3) is 6.14. The van der Waals surface area contributed by atoms with Gasteiger partial charge in [0.1, 0.15) is 24.7 Å². The monoisotopic (exact) mass is 350 g/mol. The lowest BCUT2D eigenvalue weighted by Gasteiger charge is -2.33. The van der Waals surface area contributed by atoms with Gasteiger partial charge in [-0.25, -0.2) is 0 Å². The molecule has 6 nitrogen and oxygen atoms in total. The molecule has 1 amide bonds. The van der Waals surface area contributed by atoms with Crippen molar-refractivity contribution in [1.82, 2.24) is 10.2 Å². The van der Waals surface area contributed by atoms with Gasteiger partial charge in [-0.3, -0.25) is 9.69 Å². The Morgan fingerprint density at radius 1 is 1.38 bits per heavy atom. The molecule has 0 aliphatic carbocycles. The smallest absolute Gasteiger partial charge is 0.411 e. The Labute approximate surface area is 137 Å². The number of hydrogen-bond acceptors (Lipinski definition) is 5. The highest BCUT2D eigenvalue weighted by atomic mass is 19.4. The molecule has 0 aromatic carbocycles. The van der Waals surface area contributed by atoms with Crippen LogP contribution in [0.4, 0.5) is 13.2 Å². The Bertz CT molecular complexity index is 527. The van der Waals surface area contributed by atoms with E-state index in [1.54, 1.807) is 0 Å². The zero-order valence-corrected chi connectivity index (χ0v) is 13.4. The van der Waals surface area contributed by atoms with Crippen LogP contribution in [-0.2, 0) is 14.3 Å². The molecule has 1 unspecified atom stereocenters. The summed E-state index contributed by atoms with van der Waals surface area (Å²) in [5.74, 6) is 0.856. The van der Waals surface area contributed by atoms with Gasteiger partial charge in [0.05, 0.1) is 19.3 Å². The number of alkyl halides is 3. The van der Waals surface area contributed by atoms with Gasteiger partial charge in [-0.1, -0.05) is 0 Å². The molecular formula is C15H21F3N2O4. The van der Waals surface area contributed by atoms with Crippen LogP contribution in [0.15, 0.2) is 16.5 Å². The second kappa shape index (κ2) is 8.50. The lowest BCUT2D eigenvalue weighted by molar-refractivity contribution is -0.175. The SMILES string of the molecule is Cc1ccc(C(CNC(=O)COCC(F)(F)F)N2CCOCC2)o1. The Morgan fingerprint density at radius 2 is 2.08 bits per heavy atom. The lowest BCUT2D eigenvalue weighted by atomic mass is 10.1. The third-order valence-electron chi connectivity index (χ3n) is 3.57. The average molecular weight is 350 g/mol. The molecule has 1 fully saturated rings. The van der Waals surface area contributed by atoms with E-state index in [1.165, 1.54) is 0 Å². The number of rotatable bonds is 7. The molecule has 1 aromatic heterocycles. The summed E-state index contributed by atoms with van der Waals surface area (Å²) < 4.78 is 51.3. The molecule has 1 aromatic rings. The molecule has 0 saturated carbocycles. The molecule has 1 N–H and O–H groups in total. The molecule has 1 aliphatic heterocycles. The van der Waals surface area contributed by atoms with Crippen LogP contribution in [0.2, 0.25) is 0 Å². The van der Waals surface area contributed by atoms with Crippen molar-refractivity contribution in [1.29, 1.82) is 0 Å². The first-order chi connectivity index (χ1) is 11.3. The number of halogens is 3. The molecule has 0 bridgehead atoms. The predicted octanol–water partition coefficient (Wildman–Crippen LogP) is 1.66. The number of furan rings is 1. The molecule has 2 rings (SSSR count). The van der Waals surface area contributed by atoms with E-state index in [0.29, 0.717) is 32.1 Å². The van der Waals surface area contributed by atoms with E-state index in [9.17, 15) is 18.0 Å². The molecule has 24 heavy (non-hydrogen) atoms. The maximum atomic E-state index is 12.0. The van der Waals surface area contributed by atoms with Gasteiger partial charge in [-0.15, -0.1) is 0 Å². The molecule has 136 valence electrons. The van der Waals surface area contributed by atoms with E-state index in [1.807, 2.05) is 19.1 Å². The van der Waals surface area contributed by atoms with E-state index < -0.39 is 25.3 Å². The van der Waals surface area contributed by atoms with Crippen LogP contribution >= 0.6 is 0 Å². The maximum absolute atomic E-state index is 12.0. The van der Waals surface area contributed by atoms with Gasteiger partial charge >= 0.3 is 6.18 Å². The standard InChI is InChI=1S/C15H21F3N2O4/c1-11-2-3-13(24-11)12(20-4-6-22-7-5-20)8-19-14(21)9-23-10-15(16,17)18/h2-3,12H,4-10H2,1H3,(H,19,21). The van der Waals surface area contributed by atoms with Gasteiger partial charge in [-0.05, 0) is 19.1 Å². The Hall–Kier alpha value is -1.58. The second-order valence-electron chi connectivity index (χ2n) is 5.52. The Kier molecular flexibility index (Phi) is 6.64. The summed E-state index contributed by atoms with van der Waals surface area (Å²) in [5, 5.41) is 2.60. The summed E-state index contributed by atoms with van der Waals surface area (Å²) in [7, 11) is 0. The highest BCUT2D eigenvalue weighted by molar-refractivity contribution is 5.77. The van der Waals surface area contributed by atoms with Crippen molar-refractivity contribution in [3.8, 4) is 0 Å². The van der Waals surface area contributed by atoms with Gasteiger partial charge in [0.2, 0.25) is 5.91 Å². The minimum atomic E-state index is -4.44. The van der Waals surface area contributed by atoms with Crippen molar-refractivity contribution in [3.63, 3.8) is 0 Å². The fourth-order valence-corrected chi connectivity index (χ4v) is 2.45. The minimum absolute atomic E-state index is 0.200. The third-order valence-corrected chi connectivity index (χ3v) is 3.57. The van der Waals surface area contributed by atoms with Gasteiger partial charge < -0.3 is 19.2 Å². The summed E-state index contributed by atoms with van der Waals surface area (Å²) >= 11 is 0. The van der Waals surface area contributed by atoms with Crippen molar-refractivity contribution in [2.45, 2.75) is 19.1 Å². The molecule has 1 aliphatic rings. The second-order valence-corrected chi connectivity index (χ2v) is 5.52. The van der Waals surface area contributed by atoms with E-state index in [2.05, 4.69) is 15.0 Å². The van der Waals surface area contributed by atoms with Crippen molar-refractivity contribution < 1.29 is 31.9 Å². The summed E-state index contributed by atoms with van der Waals surface area (Å²) in [4.78, 5) is 13.8. The number of hydrogen-bond donors (Lipinski definition) is 1. The number of amides is 1. The number of nitrogens with one attached hydrogen (secondary N) is 1. The van der Waals surface area contributed by atoms with Crippen LogP contribution in [0.5, 0.6) is 0 Å². The number of ether oxygens (including phenoxy) is 2. The fraction of sp³-hybridized carbons (Fsp3) is 0.667. The first kappa shape index (κ1) is 18.8. The van der Waals surface area contributed by atoms with Crippen molar-refractivity contribution in [2.75, 3.05) is 46.1 Å². The van der Waals surface area contributed by atoms with Crippen molar-refractivity contribution in [2.24, 2.45) is 0 Å². The summed E-state index contributed by atoms with van der Waals surface area (Å²) in [5.41, 5.74) is 0. The Balaban J connectivity index is 1.87. The zero-order chi connectivity index (χ0) is 17.6. The highest BCUT2D eigenvalue weighted by Gasteiger charge is 2.28. The van der Waals surface area contributed by atoms with Crippen molar-refractivity contribution >= 4 is 5.91 Å². The van der Waals surface area contributed by atoms with Gasteiger partial charge in [-0.2, -0.15) is 13.2 Å². The van der Waals surface area contributed by atoms with E-state index >= 15 is 0 Å². The topological polar surface area (TPSA) is 63.9 Å². The first-order valence-corrected chi connectivity index (χ1v) is 7.64. The van der Waals surface area contributed by atoms with Crippen molar-refractivity contribution in [3.05, 3.63) is 23.7 Å². The first-order valence-electron chi connectivity index (χ1n) is 7.64. The van der Waals surface area contributed by atoms with Crippen LogP contribution in [0.25, 0.3) is 0 Å². The van der Waals surface area contributed by atoms with E-state index in [0.717, 1.165) is 5.76 Å². The largest absolute Gasteiger partial charge is 0.465 e. The quantitative estimate of drug-likeness (QED) is 0.810. The molecule has 1 saturated heterocycles. The number of morpholine rings is 1. The number of carbonyl (C=O) groups excluding carboxylic acids is 1. The van der Waals surface area contributed by atoms with Gasteiger partial charge in [0.15, 0.2) is 0 Å². The number of nitrogens with zero attached hydrogens (tertiary/aromatic N) is 1. The molecule has 1 atom stereocenters. The van der Waals surface area contributed by atoms with Gasteiger partial charge in [0.25, 0.3) is 0 Å². The number of aryl methyl sites for hydroxylation is 1. The molecule has 0 radical (unpaired) electrons. The maximum Gasteiger partial charge on any atom is 0.411 e. The van der Waals surface area contributed by atoms with Crippen LogP contribution in [-0.4, -0.2) is 63.0 Å². The summed E-state index contributed by atoms with van der Waals surface area (Å²) in [6.45, 7) is 2.51. The molecule has 0 spiro atoms. The lowest BCUT2D eigenvalue weighted by Crippen LogP contribution is -2.44. The minimum Gasteiger partial charge on any atom is -0.465 e. The molecular weight excluding hydrogens is 329 g/mol. The van der Waals surface area contributed by atoms with E-state index in [4.69, 9.17) is 9.15 Å². The van der Waals surface area contributed by atoms with Gasteiger partial charge in [0, 0.05) is 19.6 Å². The predicted molar refractivity (Wildman–Crippen MR) is 78.5 cm³/mol. The Morgan fingerprint density at radius 3 is 2.67 bits per heavy atom. The summed E-state index contributed by atoms with van der Waals surface area (Å²) in [6, 6.07) is 3.47. The average Bonchev–Trinajstić information content (AvgIpc) is 2.93. The van der Waals surface area contributed by atoms with E-state index in [-0.39, 0.29) is 12.6 Å². The summed E-state index contributed by atoms with van der Waals surface area (Å²) in [6.07, 6.45) is -4.44. The molecule has 9 heteroatoms. The van der Waals surface area contributed by atoms with Crippen LogP contribution in [0, 0.1) is 6.92 Å². The zero-order valence-electron chi connectivity index (χ0n) is 13.4. The molecule has 2 heterocycles. The number of carbonyl (C=O) groups is 1. The van der Waals surface area contributed by atoms with Crippen LogP contribution in [0.1, 0.15) is 17.6 Å². The fourth-order valence-electron chi connectivity index (χ4n) is 2.45. The normalized spacial score (nSPS) is 17.7. The van der Waals surface area contributed by atoms with Crippen LogP contribution < -0.4 is 5.32 Å².